The molecule has 4 heteroatoms. The first-order valence-electron chi connectivity index (χ1n) is 6.52. The molecule has 3 rings (SSSR count). The van der Waals surface area contributed by atoms with Gasteiger partial charge in [-0.3, -0.25) is 4.90 Å². The van der Waals surface area contributed by atoms with Gasteiger partial charge < -0.3 is 15.6 Å². The summed E-state index contributed by atoms with van der Waals surface area (Å²) in [6, 6.07) is 2.31. The number of phenolic OH excluding ortho intramolecular Hbond substituents is 1. The summed E-state index contributed by atoms with van der Waals surface area (Å²) in [4.78, 5) is 2.36. The van der Waals surface area contributed by atoms with Gasteiger partial charge in [0.25, 0.3) is 0 Å². The second-order valence-electron chi connectivity index (χ2n) is 5.34. The summed E-state index contributed by atoms with van der Waals surface area (Å²) in [5.74, 6) is 0.799. The molecule has 2 unspecified atom stereocenters. The molecule has 2 aliphatic rings. The van der Waals surface area contributed by atoms with Gasteiger partial charge in [0.15, 0.2) is 11.5 Å². The van der Waals surface area contributed by atoms with Gasteiger partial charge >= 0.3 is 0 Å². The average molecular weight is 248 g/mol. The van der Waals surface area contributed by atoms with Crippen LogP contribution in [-0.4, -0.2) is 30.7 Å². The molecular weight excluding hydrogens is 228 g/mol. The molecule has 1 aromatic carbocycles. The first kappa shape index (κ1) is 11.8. The molecular formula is C14H20N2O2. The Morgan fingerprint density at radius 1 is 1.39 bits per heavy atom. The van der Waals surface area contributed by atoms with Crippen molar-refractivity contribution in [2.75, 3.05) is 20.7 Å². The van der Waals surface area contributed by atoms with Crippen molar-refractivity contribution in [3.63, 3.8) is 0 Å². The van der Waals surface area contributed by atoms with Gasteiger partial charge in [0.1, 0.15) is 0 Å². The molecule has 0 bridgehead atoms. The maximum atomic E-state index is 10.3. The predicted octanol–water partition coefficient (Wildman–Crippen LogP) is 1.72. The number of nitrogens with two attached hydrogens (primary N) is 1. The summed E-state index contributed by atoms with van der Waals surface area (Å²) in [6.07, 6.45) is 2.99. The van der Waals surface area contributed by atoms with Crippen LogP contribution in [-0.2, 0) is 6.42 Å². The van der Waals surface area contributed by atoms with Crippen molar-refractivity contribution in [2.24, 2.45) is 5.73 Å². The molecule has 0 fully saturated rings. The summed E-state index contributed by atoms with van der Waals surface area (Å²) < 4.78 is 5.27. The molecule has 0 spiro atoms. The molecule has 2 atom stereocenters. The van der Waals surface area contributed by atoms with Crippen LogP contribution < -0.4 is 10.5 Å². The Bertz CT molecular complexity index is 487. The van der Waals surface area contributed by atoms with Crippen LogP contribution in [0, 0.1) is 0 Å². The number of rotatable bonds is 1. The van der Waals surface area contributed by atoms with E-state index in [9.17, 15) is 5.11 Å². The highest BCUT2D eigenvalue weighted by molar-refractivity contribution is 5.57. The molecule has 0 radical (unpaired) electrons. The SMILES string of the molecule is COc1cc2c3c(c1O)C(N)CCC3N(C)CC2. The topological polar surface area (TPSA) is 58.7 Å². The second kappa shape index (κ2) is 4.14. The summed E-state index contributed by atoms with van der Waals surface area (Å²) in [7, 11) is 3.74. The van der Waals surface area contributed by atoms with Gasteiger partial charge in [0.2, 0.25) is 0 Å². The standard InChI is InChI=1S/C14H20N2O2/c1-16-6-5-8-7-11(18-2)14(17)13-9(15)3-4-10(16)12(8)13/h7,9-10,17H,3-6,15H2,1-2H3. The van der Waals surface area contributed by atoms with Gasteiger partial charge in [0, 0.05) is 24.2 Å². The zero-order valence-corrected chi connectivity index (χ0v) is 10.9. The molecule has 0 aromatic heterocycles. The largest absolute Gasteiger partial charge is 0.504 e. The van der Waals surface area contributed by atoms with Crippen LogP contribution in [0.15, 0.2) is 6.07 Å². The Balaban J connectivity index is 2.25. The highest BCUT2D eigenvalue weighted by Gasteiger charge is 2.36. The number of phenols is 1. The Kier molecular flexibility index (Phi) is 2.72. The Morgan fingerprint density at radius 3 is 2.89 bits per heavy atom. The quantitative estimate of drug-likeness (QED) is 0.794. The van der Waals surface area contributed by atoms with Crippen molar-refractivity contribution in [1.29, 1.82) is 0 Å². The van der Waals surface area contributed by atoms with E-state index in [0.717, 1.165) is 31.4 Å². The van der Waals surface area contributed by atoms with Crippen LogP contribution in [0.2, 0.25) is 0 Å². The molecule has 1 aliphatic carbocycles. The number of likely N-dealkylation sites (N-methyl/N-ethyl adjacent to an activating group) is 1. The van der Waals surface area contributed by atoms with Crippen molar-refractivity contribution < 1.29 is 9.84 Å². The minimum atomic E-state index is -0.0726. The highest BCUT2D eigenvalue weighted by Crippen LogP contribution is 2.49. The van der Waals surface area contributed by atoms with Gasteiger partial charge in [-0.05, 0) is 43.5 Å². The van der Waals surface area contributed by atoms with Gasteiger partial charge in [0.05, 0.1) is 7.11 Å². The van der Waals surface area contributed by atoms with E-state index in [-0.39, 0.29) is 11.8 Å². The molecule has 98 valence electrons. The number of nitrogens with zero attached hydrogens (tertiary/aromatic N) is 1. The normalized spacial score (nSPS) is 26.8. The number of ether oxygens (including phenoxy) is 1. The van der Waals surface area contributed by atoms with Gasteiger partial charge in [-0.2, -0.15) is 0 Å². The van der Waals surface area contributed by atoms with Crippen LogP contribution >= 0.6 is 0 Å². The third-order valence-electron chi connectivity index (χ3n) is 4.37. The smallest absolute Gasteiger partial charge is 0.162 e. The molecule has 1 heterocycles. The number of aromatic hydroxyl groups is 1. The lowest BCUT2D eigenvalue weighted by atomic mass is 9.78. The Morgan fingerprint density at radius 2 is 2.17 bits per heavy atom. The molecule has 0 amide bonds. The van der Waals surface area contributed by atoms with Crippen LogP contribution in [0.5, 0.6) is 11.5 Å². The lowest BCUT2D eigenvalue weighted by Crippen LogP contribution is -2.37. The highest BCUT2D eigenvalue weighted by atomic mass is 16.5. The molecule has 18 heavy (non-hydrogen) atoms. The van der Waals surface area contributed by atoms with E-state index in [1.807, 2.05) is 6.07 Å². The van der Waals surface area contributed by atoms with E-state index in [2.05, 4.69) is 11.9 Å². The van der Waals surface area contributed by atoms with Gasteiger partial charge in [-0.1, -0.05) is 0 Å². The fraction of sp³-hybridized carbons (Fsp3) is 0.571. The zero-order chi connectivity index (χ0) is 12.9. The minimum absolute atomic E-state index is 0.0726. The van der Waals surface area contributed by atoms with E-state index < -0.39 is 0 Å². The van der Waals surface area contributed by atoms with Crippen LogP contribution in [0.25, 0.3) is 0 Å². The van der Waals surface area contributed by atoms with Crippen molar-refractivity contribution in [1.82, 2.24) is 4.90 Å². The van der Waals surface area contributed by atoms with E-state index in [1.165, 1.54) is 11.1 Å². The lowest BCUT2D eigenvalue weighted by Gasteiger charge is -2.41. The molecule has 3 N–H and O–H groups in total. The van der Waals surface area contributed by atoms with E-state index in [0.29, 0.717) is 11.8 Å². The van der Waals surface area contributed by atoms with Crippen LogP contribution in [0.3, 0.4) is 0 Å². The monoisotopic (exact) mass is 248 g/mol. The second-order valence-corrected chi connectivity index (χ2v) is 5.34. The number of methoxy groups -OCH3 is 1. The number of benzene rings is 1. The average Bonchev–Trinajstić information content (AvgIpc) is 2.37. The molecule has 1 aromatic rings. The van der Waals surface area contributed by atoms with E-state index in [4.69, 9.17) is 10.5 Å². The summed E-state index contributed by atoms with van der Waals surface area (Å²) in [6.45, 7) is 1.06. The fourth-order valence-corrected chi connectivity index (χ4v) is 3.39. The van der Waals surface area contributed by atoms with Crippen molar-refractivity contribution in [2.45, 2.75) is 31.3 Å². The number of hydrogen-bond acceptors (Lipinski definition) is 4. The van der Waals surface area contributed by atoms with E-state index >= 15 is 0 Å². The van der Waals surface area contributed by atoms with E-state index in [1.54, 1.807) is 7.11 Å². The molecule has 0 saturated heterocycles. The third-order valence-corrected chi connectivity index (χ3v) is 4.37. The first-order valence-corrected chi connectivity index (χ1v) is 6.52. The lowest BCUT2D eigenvalue weighted by molar-refractivity contribution is 0.198. The Hall–Kier alpha value is -1.26. The van der Waals surface area contributed by atoms with Crippen molar-refractivity contribution >= 4 is 0 Å². The van der Waals surface area contributed by atoms with Gasteiger partial charge in [-0.15, -0.1) is 0 Å². The predicted molar refractivity (Wildman–Crippen MR) is 69.9 cm³/mol. The minimum Gasteiger partial charge on any atom is -0.504 e. The first-order chi connectivity index (χ1) is 8.63. The van der Waals surface area contributed by atoms with Crippen LogP contribution in [0.1, 0.15) is 41.6 Å². The third kappa shape index (κ3) is 1.52. The summed E-state index contributed by atoms with van der Waals surface area (Å²) in [5.41, 5.74) is 9.64. The van der Waals surface area contributed by atoms with Crippen LogP contribution in [0.4, 0.5) is 0 Å². The molecule has 4 nitrogen and oxygen atoms in total. The van der Waals surface area contributed by atoms with Crippen molar-refractivity contribution in [3.05, 3.63) is 22.8 Å². The number of hydrogen-bond donors (Lipinski definition) is 2. The zero-order valence-electron chi connectivity index (χ0n) is 10.9. The summed E-state index contributed by atoms with van der Waals surface area (Å²) >= 11 is 0. The fourth-order valence-electron chi connectivity index (χ4n) is 3.39. The van der Waals surface area contributed by atoms with Crippen molar-refractivity contribution in [3.8, 4) is 11.5 Å². The molecule has 0 saturated carbocycles. The maximum Gasteiger partial charge on any atom is 0.162 e. The molecule has 1 aliphatic heterocycles. The summed E-state index contributed by atoms with van der Waals surface area (Å²) in [5, 5.41) is 10.3. The maximum absolute atomic E-state index is 10.3. The van der Waals surface area contributed by atoms with Gasteiger partial charge in [-0.25, -0.2) is 0 Å². The Labute approximate surface area is 107 Å².